The SMILES string of the molecule is CCOc1cc(C=Nc2sc3c(c2C(=O)Nc2ccc(Cl)cc2)CC[C@H](C(C)(C)C)C3)ccc1OCc1ccccc1Cl. The normalized spacial score (nSPS) is 14.9. The third kappa shape index (κ3) is 7.61. The maximum Gasteiger partial charge on any atom is 0.259 e. The number of ether oxygens (including phenoxy) is 2. The highest BCUT2D eigenvalue weighted by Crippen LogP contribution is 2.45. The summed E-state index contributed by atoms with van der Waals surface area (Å²) in [6, 6.07) is 20.5. The number of hydrogen-bond acceptors (Lipinski definition) is 5. The fourth-order valence-electron chi connectivity index (χ4n) is 5.26. The molecule has 0 spiro atoms. The first-order valence-corrected chi connectivity index (χ1v) is 16.1. The second kappa shape index (κ2) is 13.5. The van der Waals surface area contributed by atoms with E-state index in [1.807, 2.05) is 61.5 Å². The van der Waals surface area contributed by atoms with Crippen molar-refractivity contribution < 1.29 is 14.3 Å². The first-order valence-electron chi connectivity index (χ1n) is 14.5. The third-order valence-corrected chi connectivity index (χ3v) is 9.52. The Balaban J connectivity index is 1.43. The Bertz CT molecular complexity index is 1620. The highest BCUT2D eigenvalue weighted by Gasteiger charge is 2.33. The van der Waals surface area contributed by atoms with Crippen LogP contribution in [0.1, 0.15) is 66.0 Å². The van der Waals surface area contributed by atoms with Crippen molar-refractivity contribution in [2.75, 3.05) is 11.9 Å². The summed E-state index contributed by atoms with van der Waals surface area (Å²) in [7, 11) is 0. The van der Waals surface area contributed by atoms with Crippen LogP contribution >= 0.6 is 34.5 Å². The number of carbonyl (C=O) groups is 1. The van der Waals surface area contributed by atoms with Gasteiger partial charge in [0, 0.05) is 32.4 Å². The second-order valence-electron chi connectivity index (χ2n) is 11.7. The Kier molecular flexibility index (Phi) is 9.80. The van der Waals surface area contributed by atoms with Gasteiger partial charge in [0.25, 0.3) is 5.91 Å². The van der Waals surface area contributed by atoms with Crippen molar-refractivity contribution >= 4 is 57.3 Å². The lowest BCUT2D eigenvalue weighted by Gasteiger charge is -2.33. The molecule has 1 aliphatic carbocycles. The van der Waals surface area contributed by atoms with Gasteiger partial charge in [-0.15, -0.1) is 11.3 Å². The van der Waals surface area contributed by atoms with Crippen LogP contribution in [0.5, 0.6) is 11.5 Å². The number of nitrogens with zero attached hydrogens (tertiary/aromatic N) is 1. The molecule has 0 aliphatic heterocycles. The molecule has 0 radical (unpaired) electrons. The standard InChI is InChI=1S/C35H36Cl2N2O3S/c1-5-41-30-18-22(10-17-29(30)42-21-23-8-6-7-9-28(23)37)20-38-34-32(33(40)39-26-14-12-25(36)13-15-26)27-16-11-24(35(2,3)4)19-31(27)43-34/h6-10,12-15,17-18,20,24H,5,11,16,19,21H2,1-4H3,(H,39,40)/t24-/m0/s1. The average Bonchev–Trinajstić information content (AvgIpc) is 3.35. The fraction of sp³-hybridized carbons (Fsp3) is 0.314. The number of fused-ring (bicyclic) bond motifs is 1. The van der Waals surface area contributed by atoms with Crippen LogP contribution in [0.2, 0.25) is 10.0 Å². The highest BCUT2D eigenvalue weighted by molar-refractivity contribution is 7.16. The number of amides is 1. The summed E-state index contributed by atoms with van der Waals surface area (Å²) >= 11 is 14.0. The summed E-state index contributed by atoms with van der Waals surface area (Å²) in [6.07, 6.45) is 4.65. The molecule has 0 saturated carbocycles. The topological polar surface area (TPSA) is 59.9 Å². The van der Waals surface area contributed by atoms with Crippen LogP contribution in [0.15, 0.2) is 71.7 Å². The Morgan fingerprint density at radius 1 is 1.05 bits per heavy atom. The van der Waals surface area contributed by atoms with Crippen LogP contribution in [0.4, 0.5) is 10.7 Å². The van der Waals surface area contributed by atoms with Crippen molar-refractivity contribution in [3.05, 3.63) is 104 Å². The van der Waals surface area contributed by atoms with Crippen molar-refractivity contribution in [1.82, 2.24) is 0 Å². The molecule has 1 aromatic heterocycles. The van der Waals surface area contributed by atoms with E-state index in [1.54, 1.807) is 29.7 Å². The van der Waals surface area contributed by atoms with Gasteiger partial charge in [-0.1, -0.05) is 62.2 Å². The van der Waals surface area contributed by atoms with Crippen LogP contribution in [-0.4, -0.2) is 18.7 Å². The van der Waals surface area contributed by atoms with Crippen LogP contribution < -0.4 is 14.8 Å². The van der Waals surface area contributed by atoms with E-state index in [-0.39, 0.29) is 11.3 Å². The molecule has 5 rings (SSSR count). The van der Waals surface area contributed by atoms with Gasteiger partial charge < -0.3 is 14.8 Å². The Morgan fingerprint density at radius 3 is 2.53 bits per heavy atom. The Labute approximate surface area is 267 Å². The van der Waals surface area contributed by atoms with Crippen molar-refractivity contribution in [2.24, 2.45) is 16.3 Å². The highest BCUT2D eigenvalue weighted by atomic mass is 35.5. The molecule has 0 unspecified atom stereocenters. The van der Waals surface area contributed by atoms with E-state index in [1.165, 1.54) is 4.88 Å². The minimum atomic E-state index is -0.153. The summed E-state index contributed by atoms with van der Waals surface area (Å²) in [6.45, 7) is 9.63. The fourth-order valence-corrected chi connectivity index (χ4v) is 6.84. The molecule has 1 aliphatic rings. The monoisotopic (exact) mass is 634 g/mol. The van der Waals surface area contributed by atoms with E-state index >= 15 is 0 Å². The minimum absolute atomic E-state index is 0.153. The van der Waals surface area contributed by atoms with Crippen LogP contribution in [0.25, 0.3) is 0 Å². The van der Waals surface area contributed by atoms with Gasteiger partial charge in [0.2, 0.25) is 0 Å². The predicted molar refractivity (Wildman–Crippen MR) is 179 cm³/mol. The number of halogens is 2. The smallest absolute Gasteiger partial charge is 0.259 e. The molecule has 5 nitrogen and oxygen atoms in total. The number of thiophene rings is 1. The number of benzene rings is 3. The zero-order valence-electron chi connectivity index (χ0n) is 24.9. The number of carbonyl (C=O) groups excluding carboxylic acids is 1. The van der Waals surface area contributed by atoms with Gasteiger partial charge in [-0.2, -0.15) is 0 Å². The molecule has 1 N–H and O–H groups in total. The lowest BCUT2D eigenvalue weighted by molar-refractivity contribution is 0.102. The van der Waals surface area contributed by atoms with Gasteiger partial charge in [0.15, 0.2) is 11.5 Å². The number of anilines is 1. The van der Waals surface area contributed by atoms with Crippen LogP contribution in [-0.2, 0) is 19.4 Å². The Hall–Kier alpha value is -3.32. The average molecular weight is 636 g/mol. The molecule has 0 fully saturated rings. The summed E-state index contributed by atoms with van der Waals surface area (Å²) in [5.41, 5.74) is 4.41. The predicted octanol–water partition coefficient (Wildman–Crippen LogP) is 10.2. The van der Waals surface area contributed by atoms with Crippen LogP contribution in [0.3, 0.4) is 0 Å². The molecule has 0 bridgehead atoms. The molecule has 3 aromatic carbocycles. The molecule has 43 heavy (non-hydrogen) atoms. The van der Waals surface area contributed by atoms with Gasteiger partial charge in [0.1, 0.15) is 11.6 Å². The summed E-state index contributed by atoms with van der Waals surface area (Å²) in [5.74, 6) is 1.65. The van der Waals surface area contributed by atoms with Gasteiger partial charge >= 0.3 is 0 Å². The quantitative estimate of drug-likeness (QED) is 0.186. The lowest BCUT2D eigenvalue weighted by Crippen LogP contribution is -2.27. The van der Waals surface area contributed by atoms with Gasteiger partial charge in [-0.3, -0.25) is 4.79 Å². The van der Waals surface area contributed by atoms with Crippen LogP contribution in [0, 0.1) is 11.3 Å². The maximum absolute atomic E-state index is 13.7. The van der Waals surface area contributed by atoms with Gasteiger partial charge in [0.05, 0.1) is 12.2 Å². The van der Waals surface area contributed by atoms with Crippen molar-refractivity contribution in [2.45, 2.75) is 53.6 Å². The van der Waals surface area contributed by atoms with E-state index in [4.69, 9.17) is 37.7 Å². The second-order valence-corrected chi connectivity index (χ2v) is 13.7. The molecule has 8 heteroatoms. The van der Waals surface area contributed by atoms with E-state index in [9.17, 15) is 4.79 Å². The molecule has 4 aromatic rings. The number of aliphatic imine (C=N–C) groups is 1. The Morgan fingerprint density at radius 2 is 1.81 bits per heavy atom. The van der Waals surface area contributed by atoms with Crippen molar-refractivity contribution in [3.8, 4) is 11.5 Å². The third-order valence-electron chi connectivity index (χ3n) is 7.74. The maximum atomic E-state index is 13.7. The summed E-state index contributed by atoms with van der Waals surface area (Å²) in [4.78, 5) is 19.8. The molecular weight excluding hydrogens is 599 g/mol. The number of hydrogen-bond donors (Lipinski definition) is 1. The van der Waals surface area contributed by atoms with E-state index in [2.05, 4.69) is 26.1 Å². The summed E-state index contributed by atoms with van der Waals surface area (Å²) < 4.78 is 12.0. The number of nitrogens with one attached hydrogen (secondary N) is 1. The lowest BCUT2D eigenvalue weighted by atomic mass is 9.72. The molecular formula is C35H36Cl2N2O3S. The van der Waals surface area contributed by atoms with Crippen molar-refractivity contribution in [3.63, 3.8) is 0 Å². The molecule has 1 atom stereocenters. The first kappa shape index (κ1) is 31.1. The van der Waals surface area contributed by atoms with Crippen molar-refractivity contribution in [1.29, 1.82) is 0 Å². The molecule has 1 amide bonds. The molecule has 224 valence electrons. The molecule has 1 heterocycles. The number of rotatable bonds is 9. The minimum Gasteiger partial charge on any atom is -0.490 e. The summed E-state index contributed by atoms with van der Waals surface area (Å²) in [5, 5.41) is 5.05. The van der Waals surface area contributed by atoms with Gasteiger partial charge in [-0.05, 0) is 97.2 Å². The molecule has 0 saturated heterocycles. The van der Waals surface area contributed by atoms with E-state index in [0.717, 1.165) is 36.0 Å². The zero-order chi connectivity index (χ0) is 30.6. The van der Waals surface area contributed by atoms with Gasteiger partial charge in [-0.25, -0.2) is 4.99 Å². The first-order chi connectivity index (χ1) is 20.6. The largest absolute Gasteiger partial charge is 0.490 e. The van der Waals surface area contributed by atoms with E-state index < -0.39 is 0 Å². The zero-order valence-corrected chi connectivity index (χ0v) is 27.2. The van der Waals surface area contributed by atoms with E-state index in [0.29, 0.717) is 56.9 Å².